The van der Waals surface area contributed by atoms with E-state index in [-0.39, 0.29) is 16.4 Å². The summed E-state index contributed by atoms with van der Waals surface area (Å²) in [4.78, 5) is 38.0. The molecule has 0 spiro atoms. The van der Waals surface area contributed by atoms with Gasteiger partial charge in [0.2, 0.25) is 0 Å². The molecule has 2 heterocycles. The van der Waals surface area contributed by atoms with Crippen molar-refractivity contribution in [2.75, 3.05) is 4.90 Å². The van der Waals surface area contributed by atoms with Crippen LogP contribution in [0.5, 0.6) is 0 Å². The van der Waals surface area contributed by atoms with Gasteiger partial charge in [-0.2, -0.15) is 0 Å². The van der Waals surface area contributed by atoms with E-state index < -0.39 is 16.7 Å². The molecule has 3 aromatic rings. The van der Waals surface area contributed by atoms with Crippen LogP contribution in [-0.2, 0) is 9.59 Å². The van der Waals surface area contributed by atoms with E-state index in [0.29, 0.717) is 17.1 Å². The van der Waals surface area contributed by atoms with Gasteiger partial charge in [-0.05, 0) is 67.5 Å². The maximum absolute atomic E-state index is 13.3. The van der Waals surface area contributed by atoms with Gasteiger partial charge in [0.15, 0.2) is 5.11 Å². The van der Waals surface area contributed by atoms with Gasteiger partial charge in [-0.3, -0.25) is 29.9 Å². The molecule has 0 unspecified atom stereocenters. The molecule has 32 heavy (non-hydrogen) atoms. The summed E-state index contributed by atoms with van der Waals surface area (Å²) >= 11 is 5.29. The zero-order valence-electron chi connectivity index (χ0n) is 17.2. The monoisotopic (exact) mass is 446 g/mol. The number of benzene rings is 2. The predicted molar refractivity (Wildman–Crippen MR) is 125 cm³/mol. The molecule has 1 fully saturated rings. The molecule has 9 heteroatoms. The van der Waals surface area contributed by atoms with Crippen LogP contribution in [0, 0.1) is 24.0 Å². The van der Waals surface area contributed by atoms with Crippen molar-refractivity contribution < 1.29 is 14.5 Å². The number of carbonyl (C=O) groups excluding carboxylic acids is 2. The van der Waals surface area contributed by atoms with Gasteiger partial charge in [-0.25, -0.2) is 0 Å². The van der Waals surface area contributed by atoms with Gasteiger partial charge in [0, 0.05) is 24.0 Å². The number of anilines is 1. The lowest BCUT2D eigenvalue weighted by molar-refractivity contribution is -0.384. The zero-order valence-corrected chi connectivity index (χ0v) is 18.1. The number of hydrogen-bond acceptors (Lipinski definition) is 5. The Morgan fingerprint density at radius 2 is 1.81 bits per heavy atom. The molecule has 1 saturated heterocycles. The molecule has 0 saturated carbocycles. The highest BCUT2D eigenvalue weighted by molar-refractivity contribution is 7.80. The Morgan fingerprint density at radius 1 is 1.06 bits per heavy atom. The fourth-order valence-electron chi connectivity index (χ4n) is 3.51. The Hall–Kier alpha value is -4.11. The van der Waals surface area contributed by atoms with Crippen molar-refractivity contribution in [1.29, 1.82) is 0 Å². The van der Waals surface area contributed by atoms with E-state index in [4.69, 9.17) is 12.2 Å². The molecule has 2 amide bonds. The molecule has 4 rings (SSSR count). The van der Waals surface area contributed by atoms with Crippen LogP contribution in [0.25, 0.3) is 11.8 Å². The van der Waals surface area contributed by atoms with E-state index in [9.17, 15) is 19.7 Å². The number of hydrogen-bond donors (Lipinski definition) is 1. The number of nitro groups is 1. The maximum atomic E-state index is 13.3. The van der Waals surface area contributed by atoms with Gasteiger partial charge in [-0.15, -0.1) is 0 Å². The maximum Gasteiger partial charge on any atom is 0.271 e. The van der Waals surface area contributed by atoms with E-state index in [0.717, 1.165) is 11.1 Å². The summed E-state index contributed by atoms with van der Waals surface area (Å²) in [5.74, 6) is -1.15. The van der Waals surface area contributed by atoms with Gasteiger partial charge < -0.3 is 4.57 Å². The Bertz CT molecular complexity index is 1330. The molecule has 160 valence electrons. The third-order valence-electron chi connectivity index (χ3n) is 5.31. The molecule has 1 N–H and O–H groups in total. The van der Waals surface area contributed by atoms with Gasteiger partial charge in [0.25, 0.3) is 17.5 Å². The number of amides is 2. The SMILES string of the molecule is Cc1cccc(N2C(=O)/C(=C/c3cccn3-c3cccc([N+](=O)[O-])c3)C(=O)NC2=S)c1C. The van der Waals surface area contributed by atoms with Gasteiger partial charge >= 0.3 is 0 Å². The molecule has 8 nitrogen and oxygen atoms in total. The number of nitro benzene ring substituents is 1. The first kappa shape index (κ1) is 21.1. The summed E-state index contributed by atoms with van der Waals surface area (Å²) in [7, 11) is 0. The van der Waals surface area contributed by atoms with Crippen LogP contribution in [0.4, 0.5) is 11.4 Å². The highest BCUT2D eigenvalue weighted by atomic mass is 32.1. The minimum Gasteiger partial charge on any atom is -0.317 e. The highest BCUT2D eigenvalue weighted by Gasteiger charge is 2.35. The van der Waals surface area contributed by atoms with E-state index in [1.54, 1.807) is 41.1 Å². The Kier molecular flexibility index (Phi) is 5.41. The molecule has 2 aromatic carbocycles. The quantitative estimate of drug-likeness (QED) is 0.216. The minimum atomic E-state index is -0.603. The van der Waals surface area contributed by atoms with Gasteiger partial charge in [-0.1, -0.05) is 18.2 Å². The highest BCUT2D eigenvalue weighted by Crippen LogP contribution is 2.28. The number of carbonyl (C=O) groups is 2. The third-order valence-corrected chi connectivity index (χ3v) is 5.59. The van der Waals surface area contributed by atoms with Crippen LogP contribution in [0.1, 0.15) is 16.8 Å². The first-order chi connectivity index (χ1) is 15.3. The van der Waals surface area contributed by atoms with Crippen LogP contribution in [0.3, 0.4) is 0 Å². The molecular formula is C23H18N4O4S. The average molecular weight is 446 g/mol. The van der Waals surface area contributed by atoms with Crippen LogP contribution < -0.4 is 10.2 Å². The molecular weight excluding hydrogens is 428 g/mol. The van der Waals surface area contributed by atoms with Crippen molar-refractivity contribution in [2.45, 2.75) is 13.8 Å². The van der Waals surface area contributed by atoms with Crippen molar-refractivity contribution in [2.24, 2.45) is 0 Å². The lowest BCUT2D eigenvalue weighted by Crippen LogP contribution is -2.54. The summed E-state index contributed by atoms with van der Waals surface area (Å²) in [5, 5.41) is 13.7. The molecule has 0 aliphatic carbocycles. The normalized spacial score (nSPS) is 15.2. The van der Waals surface area contributed by atoms with Crippen molar-refractivity contribution in [1.82, 2.24) is 9.88 Å². The van der Waals surface area contributed by atoms with Gasteiger partial charge in [0.05, 0.1) is 16.3 Å². The summed E-state index contributed by atoms with van der Waals surface area (Å²) in [6, 6.07) is 15.0. The standard InChI is InChI=1S/C23H18N4O4S/c1-14-6-3-10-20(15(14)2)26-22(29)19(21(28)24-23(26)32)13-17-9-5-11-25(17)16-7-4-8-18(12-16)27(30)31/h3-13H,1-2H3,(H,24,28,32)/b19-13+. The number of thiocarbonyl (C=S) groups is 1. The zero-order chi connectivity index (χ0) is 23.0. The summed E-state index contributed by atoms with van der Waals surface area (Å²) in [5.41, 5.74) is 3.34. The molecule has 1 aliphatic rings. The van der Waals surface area contributed by atoms with Crippen LogP contribution in [0.15, 0.2) is 66.4 Å². The summed E-state index contributed by atoms with van der Waals surface area (Å²) < 4.78 is 1.66. The van der Waals surface area contributed by atoms with Crippen molar-refractivity contribution in [3.8, 4) is 5.69 Å². The average Bonchev–Trinajstić information content (AvgIpc) is 3.22. The second-order valence-electron chi connectivity index (χ2n) is 7.26. The smallest absolute Gasteiger partial charge is 0.271 e. The number of aryl methyl sites for hydroxylation is 1. The lowest BCUT2D eigenvalue weighted by Gasteiger charge is -2.30. The number of nitrogens with zero attached hydrogens (tertiary/aromatic N) is 3. The first-order valence-corrected chi connectivity index (χ1v) is 10.1. The fraction of sp³-hybridized carbons (Fsp3) is 0.0870. The molecule has 0 atom stereocenters. The molecule has 0 bridgehead atoms. The van der Waals surface area contributed by atoms with E-state index >= 15 is 0 Å². The molecule has 0 radical (unpaired) electrons. The topological polar surface area (TPSA) is 97.5 Å². The molecule has 1 aliphatic heterocycles. The largest absolute Gasteiger partial charge is 0.317 e. The van der Waals surface area contributed by atoms with Crippen LogP contribution >= 0.6 is 12.2 Å². The Balaban J connectivity index is 1.77. The Morgan fingerprint density at radius 3 is 2.56 bits per heavy atom. The fourth-order valence-corrected chi connectivity index (χ4v) is 3.78. The number of non-ortho nitro benzene ring substituents is 1. The summed E-state index contributed by atoms with van der Waals surface area (Å²) in [6.07, 6.45) is 3.15. The summed E-state index contributed by atoms with van der Waals surface area (Å²) in [6.45, 7) is 3.81. The van der Waals surface area contributed by atoms with E-state index in [2.05, 4.69) is 5.32 Å². The predicted octanol–water partition coefficient (Wildman–Crippen LogP) is 3.83. The van der Waals surface area contributed by atoms with E-state index in [1.807, 2.05) is 26.0 Å². The second-order valence-corrected chi connectivity index (χ2v) is 7.64. The van der Waals surface area contributed by atoms with Crippen LogP contribution in [0.2, 0.25) is 0 Å². The van der Waals surface area contributed by atoms with Crippen molar-refractivity contribution in [3.63, 3.8) is 0 Å². The number of nitrogens with one attached hydrogen (secondary N) is 1. The van der Waals surface area contributed by atoms with Crippen molar-refractivity contribution >= 4 is 46.6 Å². The molecule has 1 aromatic heterocycles. The lowest BCUT2D eigenvalue weighted by atomic mass is 10.0. The number of rotatable bonds is 4. The third kappa shape index (κ3) is 3.69. The van der Waals surface area contributed by atoms with Gasteiger partial charge in [0.1, 0.15) is 5.57 Å². The Labute approximate surface area is 188 Å². The number of aromatic nitrogens is 1. The van der Waals surface area contributed by atoms with Crippen molar-refractivity contribution in [3.05, 3.63) is 93.3 Å². The minimum absolute atomic E-state index is 0.0138. The second kappa shape index (κ2) is 8.20. The van der Waals surface area contributed by atoms with E-state index in [1.165, 1.54) is 23.1 Å². The van der Waals surface area contributed by atoms with Crippen LogP contribution in [-0.4, -0.2) is 26.4 Å². The first-order valence-electron chi connectivity index (χ1n) is 9.68.